The first kappa shape index (κ1) is 10.6. The summed E-state index contributed by atoms with van der Waals surface area (Å²) >= 11 is 1.90. The van der Waals surface area contributed by atoms with Gasteiger partial charge in [0.1, 0.15) is 0 Å². The van der Waals surface area contributed by atoms with Crippen molar-refractivity contribution >= 4 is 11.8 Å². The van der Waals surface area contributed by atoms with Crippen molar-refractivity contribution in [2.45, 2.75) is 35.4 Å². The minimum atomic E-state index is 0.221. The van der Waals surface area contributed by atoms with Crippen LogP contribution in [0.2, 0.25) is 0 Å². The van der Waals surface area contributed by atoms with Gasteiger partial charge in [0.05, 0.1) is 0 Å². The lowest BCUT2D eigenvalue weighted by Crippen LogP contribution is -2.31. The van der Waals surface area contributed by atoms with Gasteiger partial charge in [0.2, 0.25) is 0 Å². The first-order valence-electron chi connectivity index (χ1n) is 5.25. The summed E-state index contributed by atoms with van der Waals surface area (Å²) < 4.78 is 0. The number of hydrogen-bond donors (Lipinski definition) is 1. The van der Waals surface area contributed by atoms with Crippen LogP contribution in [0.15, 0.2) is 29.2 Å². The molecule has 0 fully saturated rings. The number of thioether (sulfide) groups is 1. The van der Waals surface area contributed by atoms with Crippen molar-refractivity contribution in [2.75, 3.05) is 0 Å². The second-order valence-corrected chi connectivity index (χ2v) is 5.16. The molecule has 0 radical (unpaired) electrons. The molecule has 0 amide bonds. The van der Waals surface area contributed by atoms with Crippen LogP contribution in [0.25, 0.3) is 0 Å². The topological polar surface area (TPSA) is 26.0 Å². The van der Waals surface area contributed by atoms with Crippen molar-refractivity contribution in [3.63, 3.8) is 0 Å². The molecule has 0 aliphatic carbocycles. The second-order valence-electron chi connectivity index (χ2n) is 3.87. The average Bonchev–Trinajstić information content (AvgIpc) is 2.69. The van der Waals surface area contributed by atoms with Gasteiger partial charge in [-0.25, -0.2) is 0 Å². The molecule has 1 aliphatic heterocycles. The summed E-state index contributed by atoms with van der Waals surface area (Å²) in [5.41, 5.74) is 7.56. The van der Waals surface area contributed by atoms with Crippen molar-refractivity contribution in [1.82, 2.24) is 0 Å². The molecule has 1 aromatic carbocycles. The number of terminal acetylenes is 1. The van der Waals surface area contributed by atoms with E-state index in [-0.39, 0.29) is 6.04 Å². The molecule has 0 spiro atoms. The summed E-state index contributed by atoms with van der Waals surface area (Å²) in [6.45, 7) is 0. The van der Waals surface area contributed by atoms with Crippen LogP contribution < -0.4 is 5.73 Å². The fourth-order valence-corrected chi connectivity index (χ4v) is 3.24. The highest BCUT2D eigenvalue weighted by atomic mass is 32.2. The van der Waals surface area contributed by atoms with Crippen LogP contribution in [-0.4, -0.2) is 11.3 Å². The molecule has 1 heterocycles. The lowest BCUT2D eigenvalue weighted by atomic mass is 10.0. The maximum Gasteiger partial charge on any atom is 0.0287 e. The fraction of sp³-hybridized carbons (Fsp3) is 0.385. The highest BCUT2D eigenvalue weighted by molar-refractivity contribution is 8.00. The lowest BCUT2D eigenvalue weighted by molar-refractivity contribution is 0.597. The van der Waals surface area contributed by atoms with Crippen LogP contribution in [0.4, 0.5) is 0 Å². The standard InChI is InChI=1S/C13H15NS/c1-2-3-7-11(14)13-9-10-6-4-5-8-12(10)15-13/h1,4-6,8,11,13H,3,7,9,14H2. The van der Waals surface area contributed by atoms with Gasteiger partial charge in [-0.05, 0) is 24.5 Å². The van der Waals surface area contributed by atoms with Crippen LogP contribution in [0.5, 0.6) is 0 Å². The molecule has 1 aromatic rings. The van der Waals surface area contributed by atoms with Gasteiger partial charge in [0, 0.05) is 22.6 Å². The quantitative estimate of drug-likeness (QED) is 0.787. The number of benzene rings is 1. The molecular formula is C13H15NS. The third-order valence-corrected chi connectivity index (χ3v) is 4.24. The van der Waals surface area contributed by atoms with Crippen molar-refractivity contribution < 1.29 is 0 Å². The number of rotatable bonds is 3. The van der Waals surface area contributed by atoms with Gasteiger partial charge in [-0.2, -0.15) is 0 Å². The van der Waals surface area contributed by atoms with Gasteiger partial charge in [0.15, 0.2) is 0 Å². The second kappa shape index (κ2) is 4.74. The van der Waals surface area contributed by atoms with Gasteiger partial charge in [-0.1, -0.05) is 18.2 Å². The molecule has 2 rings (SSSR count). The third kappa shape index (κ3) is 2.37. The monoisotopic (exact) mass is 217 g/mol. The van der Waals surface area contributed by atoms with Gasteiger partial charge in [-0.3, -0.25) is 0 Å². The number of nitrogens with two attached hydrogens (primary N) is 1. The average molecular weight is 217 g/mol. The van der Waals surface area contributed by atoms with E-state index < -0.39 is 0 Å². The molecule has 2 atom stereocenters. The van der Waals surface area contributed by atoms with Crippen molar-refractivity contribution in [3.8, 4) is 12.3 Å². The molecule has 2 N–H and O–H groups in total. The van der Waals surface area contributed by atoms with E-state index in [1.54, 1.807) is 0 Å². The van der Waals surface area contributed by atoms with E-state index in [9.17, 15) is 0 Å². The zero-order valence-electron chi connectivity index (χ0n) is 8.65. The van der Waals surface area contributed by atoms with E-state index in [0.717, 1.165) is 19.3 Å². The summed E-state index contributed by atoms with van der Waals surface area (Å²) in [5.74, 6) is 2.65. The molecule has 0 saturated carbocycles. The van der Waals surface area contributed by atoms with Gasteiger partial charge in [-0.15, -0.1) is 24.1 Å². The van der Waals surface area contributed by atoms with E-state index in [4.69, 9.17) is 12.2 Å². The minimum Gasteiger partial charge on any atom is -0.327 e. The Morgan fingerprint density at radius 2 is 2.33 bits per heavy atom. The van der Waals surface area contributed by atoms with Crippen molar-refractivity contribution in [3.05, 3.63) is 29.8 Å². The molecule has 1 aliphatic rings. The first-order chi connectivity index (χ1) is 7.31. The van der Waals surface area contributed by atoms with Gasteiger partial charge >= 0.3 is 0 Å². The van der Waals surface area contributed by atoms with E-state index in [2.05, 4.69) is 30.2 Å². The lowest BCUT2D eigenvalue weighted by Gasteiger charge is -2.16. The Morgan fingerprint density at radius 1 is 1.53 bits per heavy atom. The van der Waals surface area contributed by atoms with Crippen LogP contribution in [0.1, 0.15) is 18.4 Å². The van der Waals surface area contributed by atoms with Crippen LogP contribution in [0.3, 0.4) is 0 Å². The summed E-state index contributed by atoms with van der Waals surface area (Å²) in [6.07, 6.45) is 8.06. The number of fused-ring (bicyclic) bond motifs is 1. The maximum absolute atomic E-state index is 6.13. The van der Waals surface area contributed by atoms with Crippen molar-refractivity contribution in [1.29, 1.82) is 0 Å². The van der Waals surface area contributed by atoms with E-state index >= 15 is 0 Å². The molecule has 0 saturated heterocycles. The van der Waals surface area contributed by atoms with Crippen LogP contribution >= 0.6 is 11.8 Å². The summed E-state index contributed by atoms with van der Waals surface area (Å²) in [7, 11) is 0. The molecule has 15 heavy (non-hydrogen) atoms. The van der Waals surface area contributed by atoms with E-state index in [0.29, 0.717) is 5.25 Å². The van der Waals surface area contributed by atoms with Gasteiger partial charge < -0.3 is 5.73 Å². The summed E-state index contributed by atoms with van der Waals surface area (Å²) in [4.78, 5) is 1.39. The largest absolute Gasteiger partial charge is 0.327 e. The molecule has 78 valence electrons. The molecule has 2 heteroatoms. The van der Waals surface area contributed by atoms with Crippen molar-refractivity contribution in [2.24, 2.45) is 5.73 Å². The van der Waals surface area contributed by atoms with Crippen LogP contribution in [-0.2, 0) is 6.42 Å². The Labute approximate surface area is 95.4 Å². The van der Waals surface area contributed by atoms with E-state index in [1.807, 2.05) is 11.8 Å². The Hall–Kier alpha value is -0.910. The minimum absolute atomic E-state index is 0.221. The molecule has 2 unspecified atom stereocenters. The molecule has 0 aromatic heterocycles. The SMILES string of the molecule is C#CCCC(N)C1Cc2ccccc2S1. The number of hydrogen-bond acceptors (Lipinski definition) is 2. The Bertz CT molecular complexity index is 355. The highest BCUT2D eigenvalue weighted by Crippen LogP contribution is 2.38. The summed E-state index contributed by atoms with van der Waals surface area (Å²) in [5, 5.41) is 0.510. The molecular weight excluding hydrogens is 202 g/mol. The zero-order chi connectivity index (χ0) is 10.7. The fourth-order valence-electron chi connectivity index (χ4n) is 1.88. The van der Waals surface area contributed by atoms with Crippen LogP contribution in [0, 0.1) is 12.3 Å². The Kier molecular flexibility index (Phi) is 3.35. The smallest absolute Gasteiger partial charge is 0.0287 e. The Morgan fingerprint density at radius 3 is 3.07 bits per heavy atom. The zero-order valence-corrected chi connectivity index (χ0v) is 9.46. The predicted molar refractivity (Wildman–Crippen MR) is 65.8 cm³/mol. The summed E-state index contributed by atoms with van der Waals surface area (Å²) in [6, 6.07) is 8.76. The normalized spacial score (nSPS) is 20.7. The predicted octanol–water partition coefficient (Wildman–Crippen LogP) is 2.44. The Balaban J connectivity index is 1.98. The molecule has 1 nitrogen and oxygen atoms in total. The highest BCUT2D eigenvalue weighted by Gasteiger charge is 2.26. The first-order valence-corrected chi connectivity index (χ1v) is 6.13. The van der Waals surface area contributed by atoms with Gasteiger partial charge in [0.25, 0.3) is 0 Å². The molecule has 0 bridgehead atoms. The maximum atomic E-state index is 6.13. The van der Waals surface area contributed by atoms with E-state index in [1.165, 1.54) is 10.5 Å². The third-order valence-electron chi connectivity index (χ3n) is 2.77.